The Morgan fingerprint density at radius 3 is 2.25 bits per heavy atom. The van der Waals surface area contributed by atoms with Crippen molar-refractivity contribution in [2.75, 3.05) is 7.11 Å². The molecule has 8 nitrogen and oxygen atoms in total. The Morgan fingerprint density at radius 2 is 1.79 bits per heavy atom. The van der Waals surface area contributed by atoms with Gasteiger partial charge in [-0.3, -0.25) is 4.79 Å². The predicted molar refractivity (Wildman–Crippen MR) is 86.9 cm³/mol. The van der Waals surface area contributed by atoms with Crippen LogP contribution in [0.4, 0.5) is 0 Å². The summed E-state index contributed by atoms with van der Waals surface area (Å²) in [5.41, 5.74) is -0.693. The quantitative estimate of drug-likeness (QED) is 0.739. The van der Waals surface area contributed by atoms with Crippen LogP contribution >= 0.6 is 0 Å². The maximum absolute atomic E-state index is 12.2. The fraction of sp³-hybridized carbons (Fsp3) is 0.600. The van der Waals surface area contributed by atoms with Crippen LogP contribution in [-0.2, 0) is 19.6 Å². The summed E-state index contributed by atoms with van der Waals surface area (Å²) >= 11 is 0. The average molecular weight is 360 g/mol. The van der Waals surface area contributed by atoms with E-state index in [0.717, 1.165) is 0 Å². The van der Waals surface area contributed by atoms with Crippen molar-refractivity contribution in [1.29, 1.82) is 0 Å². The summed E-state index contributed by atoms with van der Waals surface area (Å²) in [6, 6.07) is 1.56. The number of hydrogen-bond donors (Lipinski definition) is 2. The molecule has 1 heterocycles. The van der Waals surface area contributed by atoms with Gasteiger partial charge in [0.25, 0.3) is 15.9 Å². The second-order valence-electron chi connectivity index (χ2n) is 6.69. The molecule has 1 amide bonds. The Hall–Kier alpha value is -1.87. The first-order valence-corrected chi connectivity index (χ1v) is 8.88. The normalized spacial score (nSPS) is 13.6. The van der Waals surface area contributed by atoms with Gasteiger partial charge in [-0.25, -0.2) is 17.9 Å². The number of furan rings is 1. The van der Waals surface area contributed by atoms with Crippen molar-refractivity contribution in [2.24, 2.45) is 5.92 Å². The molecule has 0 unspecified atom stereocenters. The van der Waals surface area contributed by atoms with Gasteiger partial charge in [0.2, 0.25) is 5.09 Å². The van der Waals surface area contributed by atoms with Gasteiger partial charge in [0.05, 0.1) is 7.11 Å². The van der Waals surface area contributed by atoms with E-state index in [-0.39, 0.29) is 16.8 Å². The lowest BCUT2D eigenvalue weighted by Crippen LogP contribution is -2.44. The van der Waals surface area contributed by atoms with E-state index in [4.69, 9.17) is 4.42 Å². The van der Waals surface area contributed by atoms with Gasteiger partial charge in [-0.15, -0.1) is 0 Å². The minimum absolute atomic E-state index is 0.206. The van der Waals surface area contributed by atoms with Crippen molar-refractivity contribution in [1.82, 2.24) is 10.0 Å². The van der Waals surface area contributed by atoms with Crippen LogP contribution in [0.15, 0.2) is 21.6 Å². The SMILES string of the molecule is COC(=O)[C@@H](NC(=O)c1ccc(S(=O)(=O)NC(C)(C)C)o1)C(C)C. The number of sulfonamides is 1. The first-order valence-electron chi connectivity index (χ1n) is 7.40. The third-order valence-corrected chi connectivity index (χ3v) is 4.55. The Balaban J connectivity index is 2.96. The Morgan fingerprint density at radius 1 is 1.21 bits per heavy atom. The van der Waals surface area contributed by atoms with Crippen LogP contribution in [0.5, 0.6) is 0 Å². The van der Waals surface area contributed by atoms with Gasteiger partial charge in [-0.2, -0.15) is 0 Å². The molecule has 1 aromatic heterocycles. The number of nitrogens with one attached hydrogen (secondary N) is 2. The summed E-state index contributed by atoms with van der Waals surface area (Å²) in [5, 5.41) is 2.10. The van der Waals surface area contributed by atoms with E-state index in [0.29, 0.717) is 0 Å². The van der Waals surface area contributed by atoms with Crippen LogP contribution in [0.25, 0.3) is 0 Å². The minimum Gasteiger partial charge on any atom is -0.467 e. The molecule has 0 radical (unpaired) electrons. The number of amides is 1. The van der Waals surface area contributed by atoms with Crippen molar-refractivity contribution in [3.63, 3.8) is 0 Å². The summed E-state index contributed by atoms with van der Waals surface area (Å²) in [6.07, 6.45) is 0. The fourth-order valence-electron chi connectivity index (χ4n) is 1.88. The van der Waals surface area contributed by atoms with E-state index in [9.17, 15) is 18.0 Å². The molecule has 1 rings (SSSR count). The second-order valence-corrected chi connectivity index (χ2v) is 8.31. The fourth-order valence-corrected chi connectivity index (χ4v) is 3.23. The molecule has 2 N–H and O–H groups in total. The molecule has 0 spiro atoms. The average Bonchev–Trinajstić information content (AvgIpc) is 2.91. The maximum Gasteiger partial charge on any atom is 0.328 e. The number of rotatable bonds is 6. The van der Waals surface area contributed by atoms with Gasteiger partial charge in [0.15, 0.2) is 5.76 Å². The van der Waals surface area contributed by atoms with Gasteiger partial charge in [-0.05, 0) is 38.8 Å². The highest BCUT2D eigenvalue weighted by molar-refractivity contribution is 7.89. The highest BCUT2D eigenvalue weighted by Crippen LogP contribution is 2.17. The largest absolute Gasteiger partial charge is 0.467 e. The zero-order valence-electron chi connectivity index (χ0n) is 14.7. The molecule has 0 saturated heterocycles. The third kappa shape index (κ3) is 5.34. The molecule has 24 heavy (non-hydrogen) atoms. The zero-order chi connectivity index (χ0) is 18.7. The molecular formula is C15H24N2O6S. The van der Waals surface area contributed by atoms with Crippen molar-refractivity contribution in [3.8, 4) is 0 Å². The minimum atomic E-state index is -3.88. The smallest absolute Gasteiger partial charge is 0.328 e. The van der Waals surface area contributed by atoms with E-state index >= 15 is 0 Å². The van der Waals surface area contributed by atoms with E-state index < -0.39 is 33.5 Å². The topological polar surface area (TPSA) is 115 Å². The lowest BCUT2D eigenvalue weighted by Gasteiger charge is -2.19. The van der Waals surface area contributed by atoms with Gasteiger partial charge >= 0.3 is 5.97 Å². The lowest BCUT2D eigenvalue weighted by atomic mass is 10.0. The number of carbonyl (C=O) groups excluding carboxylic acids is 2. The third-order valence-electron chi connectivity index (χ3n) is 2.92. The number of carbonyl (C=O) groups is 2. The second kappa shape index (κ2) is 7.35. The van der Waals surface area contributed by atoms with Crippen molar-refractivity contribution < 1.29 is 27.2 Å². The number of ether oxygens (including phenoxy) is 1. The summed E-state index contributed by atoms with van der Waals surface area (Å²) in [7, 11) is -2.66. The Bertz CT molecular complexity index is 700. The van der Waals surface area contributed by atoms with Gasteiger partial charge in [-0.1, -0.05) is 13.8 Å². The molecule has 1 aromatic rings. The maximum atomic E-state index is 12.2. The molecule has 0 bridgehead atoms. The summed E-state index contributed by atoms with van der Waals surface area (Å²) < 4.78 is 36.5. The Labute approximate surface area is 142 Å². The molecule has 0 aliphatic carbocycles. The van der Waals surface area contributed by atoms with E-state index in [2.05, 4.69) is 14.8 Å². The number of hydrogen-bond acceptors (Lipinski definition) is 6. The highest BCUT2D eigenvalue weighted by Gasteiger charge is 2.29. The number of esters is 1. The molecular weight excluding hydrogens is 336 g/mol. The molecule has 0 saturated carbocycles. The van der Waals surface area contributed by atoms with Crippen molar-refractivity contribution >= 4 is 21.9 Å². The van der Waals surface area contributed by atoms with Gasteiger partial charge < -0.3 is 14.5 Å². The van der Waals surface area contributed by atoms with Crippen LogP contribution in [0.1, 0.15) is 45.2 Å². The summed E-state index contributed by atoms with van der Waals surface area (Å²) in [6.45, 7) is 8.54. The van der Waals surface area contributed by atoms with Crippen LogP contribution in [0.2, 0.25) is 0 Å². The van der Waals surface area contributed by atoms with E-state index in [1.165, 1.54) is 19.2 Å². The summed E-state index contributed by atoms with van der Waals surface area (Å²) in [5.74, 6) is -1.70. The molecule has 0 aliphatic rings. The van der Waals surface area contributed by atoms with Gasteiger partial charge in [0.1, 0.15) is 6.04 Å². The van der Waals surface area contributed by atoms with Gasteiger partial charge in [0, 0.05) is 5.54 Å². The van der Waals surface area contributed by atoms with Crippen LogP contribution < -0.4 is 10.0 Å². The van der Waals surface area contributed by atoms with Crippen LogP contribution in [0, 0.1) is 5.92 Å². The van der Waals surface area contributed by atoms with Crippen LogP contribution in [0.3, 0.4) is 0 Å². The first kappa shape index (κ1) is 20.2. The molecule has 9 heteroatoms. The zero-order valence-corrected chi connectivity index (χ0v) is 15.5. The Kier molecular flexibility index (Phi) is 6.18. The lowest BCUT2D eigenvalue weighted by molar-refractivity contribution is -0.144. The molecule has 1 atom stereocenters. The highest BCUT2D eigenvalue weighted by atomic mass is 32.2. The van der Waals surface area contributed by atoms with Crippen molar-refractivity contribution in [2.45, 2.75) is 51.3 Å². The predicted octanol–water partition coefficient (Wildman–Crippen LogP) is 1.28. The summed E-state index contributed by atoms with van der Waals surface area (Å²) in [4.78, 5) is 23.8. The van der Waals surface area contributed by atoms with Crippen molar-refractivity contribution in [3.05, 3.63) is 17.9 Å². The molecule has 0 fully saturated rings. The van der Waals surface area contributed by atoms with E-state index in [1.807, 2.05) is 0 Å². The van der Waals surface area contributed by atoms with Crippen LogP contribution in [-0.4, -0.2) is 39.0 Å². The van der Waals surface area contributed by atoms with E-state index in [1.54, 1.807) is 34.6 Å². The monoisotopic (exact) mass is 360 g/mol. The standard InChI is InChI=1S/C15H24N2O6S/c1-9(2)12(14(19)22-6)16-13(18)10-7-8-11(23-10)24(20,21)17-15(3,4)5/h7-9,12,17H,1-6H3,(H,16,18)/t12-/m0/s1. The molecule has 136 valence electrons. The molecule has 0 aliphatic heterocycles. The molecule has 0 aromatic carbocycles. The first-order chi connectivity index (χ1) is 10.9. The number of methoxy groups -OCH3 is 1.